The molecule has 0 radical (unpaired) electrons. The number of urea groups is 1. The van der Waals surface area contributed by atoms with Crippen LogP contribution in [-0.2, 0) is 11.3 Å². The van der Waals surface area contributed by atoms with Crippen molar-refractivity contribution >= 4 is 11.7 Å². The van der Waals surface area contributed by atoms with E-state index < -0.39 is 0 Å². The third-order valence-electron chi connectivity index (χ3n) is 4.45. The number of nitrogens with one attached hydrogen (secondary N) is 1. The van der Waals surface area contributed by atoms with Crippen LogP contribution in [0.15, 0.2) is 36.4 Å². The molecule has 2 heterocycles. The molecule has 0 spiro atoms. The molecule has 1 saturated heterocycles. The van der Waals surface area contributed by atoms with Crippen molar-refractivity contribution in [3.8, 4) is 0 Å². The Hall–Kier alpha value is -1.85. The minimum absolute atomic E-state index is 0.0252. The number of ether oxygens (including phenoxy) is 1. The van der Waals surface area contributed by atoms with E-state index in [1.165, 1.54) is 5.56 Å². The predicted molar refractivity (Wildman–Crippen MR) is 91.5 cm³/mol. The van der Waals surface area contributed by atoms with Crippen molar-refractivity contribution in [2.75, 3.05) is 38.2 Å². The third kappa shape index (κ3) is 4.12. The molecule has 23 heavy (non-hydrogen) atoms. The van der Waals surface area contributed by atoms with Crippen LogP contribution in [0.2, 0.25) is 0 Å². The molecule has 124 valence electrons. The van der Waals surface area contributed by atoms with Crippen molar-refractivity contribution in [2.24, 2.45) is 0 Å². The summed E-state index contributed by atoms with van der Waals surface area (Å²) in [5.74, 6) is 0. The van der Waals surface area contributed by atoms with Crippen LogP contribution >= 0.6 is 0 Å². The second kappa shape index (κ2) is 7.62. The minimum Gasteiger partial charge on any atom is -0.379 e. The van der Waals surface area contributed by atoms with E-state index in [9.17, 15) is 4.79 Å². The highest BCUT2D eigenvalue weighted by molar-refractivity contribution is 5.90. The Balaban J connectivity index is 1.53. The quantitative estimate of drug-likeness (QED) is 0.869. The van der Waals surface area contributed by atoms with Crippen molar-refractivity contribution < 1.29 is 9.53 Å². The summed E-state index contributed by atoms with van der Waals surface area (Å²) >= 11 is 0. The highest BCUT2D eigenvalue weighted by Gasteiger charge is 2.23. The molecule has 1 aromatic carbocycles. The van der Waals surface area contributed by atoms with E-state index in [0.717, 1.165) is 45.0 Å². The normalized spacial score (nSPS) is 21.6. The first-order valence-corrected chi connectivity index (χ1v) is 8.39. The van der Waals surface area contributed by atoms with Crippen molar-refractivity contribution in [1.29, 1.82) is 0 Å². The molecule has 5 heteroatoms. The van der Waals surface area contributed by atoms with Gasteiger partial charge in [0.15, 0.2) is 0 Å². The lowest BCUT2D eigenvalue weighted by molar-refractivity contribution is 0.0342. The number of carbonyl (C=O) groups excluding carboxylic acids is 1. The zero-order valence-corrected chi connectivity index (χ0v) is 13.7. The van der Waals surface area contributed by atoms with Gasteiger partial charge in [-0.05, 0) is 24.1 Å². The first kappa shape index (κ1) is 16.0. The molecular weight excluding hydrogens is 290 g/mol. The molecule has 2 amide bonds. The lowest BCUT2D eigenvalue weighted by Gasteiger charge is -2.26. The summed E-state index contributed by atoms with van der Waals surface area (Å²) < 4.78 is 5.37. The van der Waals surface area contributed by atoms with E-state index >= 15 is 0 Å². The predicted octanol–water partition coefficient (Wildman–Crippen LogP) is 2.70. The van der Waals surface area contributed by atoms with Gasteiger partial charge in [0.2, 0.25) is 0 Å². The molecule has 1 atom stereocenters. The number of nitrogens with zero attached hydrogens (tertiary/aromatic N) is 2. The summed E-state index contributed by atoms with van der Waals surface area (Å²) in [5.41, 5.74) is 2.11. The molecule has 1 aromatic rings. The van der Waals surface area contributed by atoms with Crippen LogP contribution < -0.4 is 5.32 Å². The molecule has 0 bridgehead atoms. The van der Waals surface area contributed by atoms with Crippen LogP contribution in [-0.4, -0.2) is 54.7 Å². The highest BCUT2D eigenvalue weighted by Crippen LogP contribution is 2.17. The Labute approximate surface area is 137 Å². The van der Waals surface area contributed by atoms with E-state index in [2.05, 4.69) is 41.4 Å². The van der Waals surface area contributed by atoms with E-state index in [0.29, 0.717) is 6.54 Å². The maximum absolute atomic E-state index is 12.3. The fourth-order valence-electron chi connectivity index (χ4n) is 3.07. The number of anilines is 1. The number of amides is 2. The van der Waals surface area contributed by atoms with Crippen LogP contribution in [0.3, 0.4) is 0 Å². The zero-order valence-electron chi connectivity index (χ0n) is 13.7. The Morgan fingerprint density at radius 3 is 2.70 bits per heavy atom. The largest absolute Gasteiger partial charge is 0.379 e. The van der Waals surface area contributed by atoms with Gasteiger partial charge in [-0.1, -0.05) is 31.2 Å². The second-order valence-corrected chi connectivity index (χ2v) is 6.07. The fraction of sp³-hybridized carbons (Fsp3) is 0.500. The first-order valence-electron chi connectivity index (χ1n) is 8.39. The highest BCUT2D eigenvalue weighted by atomic mass is 16.5. The van der Waals surface area contributed by atoms with Crippen LogP contribution in [0.1, 0.15) is 18.9 Å². The summed E-state index contributed by atoms with van der Waals surface area (Å²) in [6, 6.07) is 8.34. The van der Waals surface area contributed by atoms with Crippen LogP contribution in [0, 0.1) is 0 Å². The van der Waals surface area contributed by atoms with E-state index in [-0.39, 0.29) is 12.1 Å². The number of morpholine rings is 1. The summed E-state index contributed by atoms with van der Waals surface area (Å²) in [6.45, 7) is 7.33. The minimum atomic E-state index is -0.0252. The van der Waals surface area contributed by atoms with Crippen LogP contribution in [0.4, 0.5) is 10.5 Å². The van der Waals surface area contributed by atoms with Gasteiger partial charge in [-0.3, -0.25) is 4.90 Å². The Bertz CT molecular complexity index is 550. The van der Waals surface area contributed by atoms with Crippen LogP contribution in [0.5, 0.6) is 0 Å². The van der Waals surface area contributed by atoms with Gasteiger partial charge in [-0.2, -0.15) is 0 Å². The average molecular weight is 315 g/mol. The van der Waals surface area contributed by atoms with E-state index in [4.69, 9.17) is 4.74 Å². The molecule has 1 fully saturated rings. The topological polar surface area (TPSA) is 44.8 Å². The van der Waals surface area contributed by atoms with Gasteiger partial charge < -0.3 is 15.0 Å². The summed E-state index contributed by atoms with van der Waals surface area (Å²) in [5, 5.41) is 2.99. The molecule has 2 aliphatic heterocycles. The van der Waals surface area contributed by atoms with Crippen molar-refractivity contribution in [2.45, 2.75) is 25.9 Å². The lowest BCUT2D eigenvalue weighted by Crippen LogP contribution is -2.38. The Kier molecular flexibility index (Phi) is 5.31. The summed E-state index contributed by atoms with van der Waals surface area (Å²) in [7, 11) is 0. The van der Waals surface area contributed by atoms with E-state index in [1.54, 1.807) is 0 Å². The Morgan fingerprint density at radius 1 is 1.26 bits per heavy atom. The van der Waals surface area contributed by atoms with Gasteiger partial charge >= 0.3 is 6.03 Å². The van der Waals surface area contributed by atoms with Crippen LogP contribution in [0.25, 0.3) is 0 Å². The molecule has 0 unspecified atom stereocenters. The third-order valence-corrected chi connectivity index (χ3v) is 4.45. The van der Waals surface area contributed by atoms with Gasteiger partial charge in [0, 0.05) is 31.9 Å². The Morgan fingerprint density at radius 2 is 2.00 bits per heavy atom. The van der Waals surface area contributed by atoms with Crippen molar-refractivity contribution in [1.82, 2.24) is 9.80 Å². The molecular formula is C18H25N3O2. The monoisotopic (exact) mass is 315 g/mol. The SMILES string of the molecule is CC[C@H]1C=CCN1C(=O)Nc1ccc(CN2CCOCC2)cc1. The zero-order chi connectivity index (χ0) is 16.1. The number of rotatable bonds is 4. The number of hydrogen-bond acceptors (Lipinski definition) is 3. The smallest absolute Gasteiger partial charge is 0.322 e. The second-order valence-electron chi connectivity index (χ2n) is 6.07. The number of hydrogen-bond donors (Lipinski definition) is 1. The van der Waals surface area contributed by atoms with Crippen molar-refractivity contribution in [3.63, 3.8) is 0 Å². The number of carbonyl (C=O) groups is 1. The molecule has 0 saturated carbocycles. The molecule has 1 N–H and O–H groups in total. The van der Waals surface area contributed by atoms with Gasteiger partial charge in [0.05, 0.1) is 19.3 Å². The maximum Gasteiger partial charge on any atom is 0.322 e. The van der Waals surface area contributed by atoms with Gasteiger partial charge in [0.1, 0.15) is 0 Å². The summed E-state index contributed by atoms with van der Waals surface area (Å²) in [6.07, 6.45) is 5.10. The first-order chi connectivity index (χ1) is 11.3. The fourth-order valence-corrected chi connectivity index (χ4v) is 3.07. The molecule has 3 rings (SSSR count). The molecule has 0 aliphatic carbocycles. The standard InChI is InChI=1S/C18H25N3O2/c1-2-17-4-3-9-21(17)18(22)19-16-7-5-15(6-8-16)14-20-10-12-23-13-11-20/h3-8,17H,2,9-14H2,1H3,(H,19,22)/t17-/m0/s1. The van der Waals surface area contributed by atoms with Gasteiger partial charge in [0.25, 0.3) is 0 Å². The van der Waals surface area contributed by atoms with Gasteiger partial charge in [-0.25, -0.2) is 4.79 Å². The molecule has 5 nitrogen and oxygen atoms in total. The average Bonchev–Trinajstić information content (AvgIpc) is 3.06. The molecule has 2 aliphatic rings. The van der Waals surface area contributed by atoms with Crippen molar-refractivity contribution in [3.05, 3.63) is 42.0 Å². The van der Waals surface area contributed by atoms with E-state index in [1.807, 2.05) is 17.0 Å². The maximum atomic E-state index is 12.3. The lowest BCUT2D eigenvalue weighted by atomic mass is 10.2. The summed E-state index contributed by atoms with van der Waals surface area (Å²) in [4.78, 5) is 16.6. The molecule has 0 aromatic heterocycles. The number of benzene rings is 1. The van der Waals surface area contributed by atoms with Gasteiger partial charge in [-0.15, -0.1) is 0 Å².